The Hall–Kier alpha value is -2.70. The van der Waals surface area contributed by atoms with Crippen molar-refractivity contribution in [3.8, 4) is 22.8 Å². The summed E-state index contributed by atoms with van der Waals surface area (Å²) in [5, 5.41) is 9.09. The van der Waals surface area contributed by atoms with Gasteiger partial charge in [0.1, 0.15) is 0 Å². The summed E-state index contributed by atoms with van der Waals surface area (Å²) in [7, 11) is 0. The topological polar surface area (TPSA) is 68.7 Å². The van der Waals surface area contributed by atoms with Crippen LogP contribution in [0.4, 0.5) is 8.78 Å². The second kappa shape index (κ2) is 4.16. The molecule has 7 heteroatoms. The van der Waals surface area contributed by atoms with Crippen molar-refractivity contribution in [3.05, 3.63) is 42.1 Å². The Morgan fingerprint density at radius 3 is 2.70 bits per heavy atom. The van der Waals surface area contributed by atoms with Crippen LogP contribution in [0, 0.1) is 0 Å². The zero-order valence-electron chi connectivity index (χ0n) is 9.84. The average Bonchev–Trinajstić information content (AvgIpc) is 2.71. The number of fused-ring (bicyclic) bond motifs is 1. The van der Waals surface area contributed by atoms with Crippen molar-refractivity contribution < 1.29 is 28.2 Å². The minimum atomic E-state index is -3.71. The number of halogens is 2. The molecule has 3 rings (SSSR count). The molecule has 1 N–H and O–H groups in total. The van der Waals surface area contributed by atoms with Gasteiger partial charge in [-0.2, -0.15) is 0 Å². The maximum atomic E-state index is 12.9. The summed E-state index contributed by atoms with van der Waals surface area (Å²) in [5.41, 5.74) is 0.489. The number of pyridine rings is 1. The Morgan fingerprint density at radius 2 is 1.95 bits per heavy atom. The van der Waals surface area contributed by atoms with Crippen LogP contribution in [0.2, 0.25) is 0 Å². The molecule has 1 aliphatic heterocycles. The molecule has 102 valence electrons. The van der Waals surface area contributed by atoms with Crippen LogP contribution in [0.25, 0.3) is 11.3 Å². The van der Waals surface area contributed by atoms with Crippen LogP contribution in [0.15, 0.2) is 36.5 Å². The third-order valence-electron chi connectivity index (χ3n) is 2.71. The summed E-state index contributed by atoms with van der Waals surface area (Å²) < 4.78 is 34.4. The third kappa shape index (κ3) is 2.03. The molecule has 1 aromatic heterocycles. The Balaban J connectivity index is 2.08. The molecule has 20 heavy (non-hydrogen) atoms. The molecule has 0 atom stereocenters. The summed E-state index contributed by atoms with van der Waals surface area (Å²) in [6.45, 7) is 0. The molecule has 0 unspecified atom stereocenters. The standard InChI is InChI=1S/C13H7F2NO4/c14-13(15)19-9-4-3-7(6-10(9)20-13)11-8(12(17)18)2-1-5-16-11/h1-6H,(H,17,18). The van der Waals surface area contributed by atoms with Crippen LogP contribution >= 0.6 is 0 Å². The van der Waals surface area contributed by atoms with Gasteiger partial charge in [-0.1, -0.05) is 0 Å². The Kier molecular flexibility index (Phi) is 2.56. The number of carbonyl (C=O) groups is 1. The van der Waals surface area contributed by atoms with E-state index < -0.39 is 12.3 Å². The highest BCUT2D eigenvalue weighted by atomic mass is 19.3. The van der Waals surface area contributed by atoms with E-state index in [4.69, 9.17) is 5.11 Å². The number of aromatic nitrogens is 1. The van der Waals surface area contributed by atoms with E-state index in [2.05, 4.69) is 14.5 Å². The van der Waals surface area contributed by atoms with Crippen molar-refractivity contribution in [2.24, 2.45) is 0 Å². The average molecular weight is 279 g/mol. The number of benzene rings is 1. The van der Waals surface area contributed by atoms with Crippen LogP contribution < -0.4 is 9.47 Å². The van der Waals surface area contributed by atoms with Crippen molar-refractivity contribution in [1.82, 2.24) is 4.98 Å². The van der Waals surface area contributed by atoms with Crippen molar-refractivity contribution in [3.63, 3.8) is 0 Å². The first-order chi connectivity index (χ1) is 9.46. The number of alkyl halides is 2. The lowest BCUT2D eigenvalue weighted by Crippen LogP contribution is -2.25. The van der Waals surface area contributed by atoms with Crippen LogP contribution in [0.5, 0.6) is 11.5 Å². The molecule has 0 amide bonds. The molecule has 0 aliphatic carbocycles. The van der Waals surface area contributed by atoms with Gasteiger partial charge in [-0.15, -0.1) is 8.78 Å². The maximum Gasteiger partial charge on any atom is 0.586 e. The molecule has 2 aromatic rings. The molecular weight excluding hydrogens is 272 g/mol. The van der Waals surface area contributed by atoms with E-state index in [0.29, 0.717) is 5.56 Å². The number of nitrogens with zero attached hydrogens (tertiary/aromatic N) is 1. The quantitative estimate of drug-likeness (QED) is 0.915. The van der Waals surface area contributed by atoms with Crippen molar-refractivity contribution in [2.45, 2.75) is 6.29 Å². The fraction of sp³-hybridized carbons (Fsp3) is 0.0769. The summed E-state index contributed by atoms with van der Waals surface area (Å²) in [6.07, 6.45) is -2.29. The van der Waals surface area contributed by atoms with Gasteiger partial charge in [-0.05, 0) is 30.3 Å². The number of hydrogen-bond donors (Lipinski definition) is 1. The highest BCUT2D eigenvalue weighted by Crippen LogP contribution is 2.42. The van der Waals surface area contributed by atoms with E-state index in [1.54, 1.807) is 0 Å². The molecule has 0 saturated heterocycles. The zero-order chi connectivity index (χ0) is 14.3. The fourth-order valence-electron chi connectivity index (χ4n) is 1.90. The highest BCUT2D eigenvalue weighted by molar-refractivity contribution is 5.94. The Bertz CT molecular complexity index is 703. The number of ether oxygens (including phenoxy) is 2. The minimum absolute atomic E-state index is 0.0295. The van der Waals surface area contributed by atoms with Crippen LogP contribution in [-0.2, 0) is 0 Å². The third-order valence-corrected chi connectivity index (χ3v) is 2.71. The zero-order valence-corrected chi connectivity index (χ0v) is 9.84. The van der Waals surface area contributed by atoms with Gasteiger partial charge < -0.3 is 14.6 Å². The van der Waals surface area contributed by atoms with Crippen molar-refractivity contribution >= 4 is 5.97 Å². The lowest BCUT2D eigenvalue weighted by molar-refractivity contribution is -0.286. The Labute approximate surface area is 111 Å². The summed E-state index contributed by atoms with van der Waals surface area (Å²) in [4.78, 5) is 15.1. The molecule has 0 saturated carbocycles. The van der Waals surface area contributed by atoms with Gasteiger partial charge >= 0.3 is 12.3 Å². The number of rotatable bonds is 2. The van der Waals surface area contributed by atoms with Crippen molar-refractivity contribution in [1.29, 1.82) is 0 Å². The lowest BCUT2D eigenvalue weighted by atomic mass is 10.1. The van der Waals surface area contributed by atoms with Gasteiger partial charge in [-0.3, -0.25) is 4.98 Å². The number of aromatic carboxylic acids is 1. The molecule has 0 fully saturated rings. The second-order valence-corrected chi connectivity index (χ2v) is 4.03. The molecule has 0 radical (unpaired) electrons. The van der Waals surface area contributed by atoms with E-state index in [9.17, 15) is 13.6 Å². The van der Waals surface area contributed by atoms with E-state index in [1.165, 1.54) is 36.5 Å². The van der Waals surface area contributed by atoms with E-state index in [0.717, 1.165) is 0 Å². The maximum absolute atomic E-state index is 12.9. The number of carboxylic acids is 1. The predicted molar refractivity (Wildman–Crippen MR) is 62.8 cm³/mol. The molecule has 0 bridgehead atoms. The first-order valence-electron chi connectivity index (χ1n) is 5.55. The molecule has 2 heterocycles. The molecule has 1 aromatic carbocycles. The molecule has 0 spiro atoms. The van der Waals surface area contributed by atoms with Gasteiger partial charge in [0.05, 0.1) is 11.3 Å². The summed E-state index contributed by atoms with van der Waals surface area (Å²) in [6, 6.07) is 6.85. The first kappa shape index (κ1) is 12.3. The fourth-order valence-corrected chi connectivity index (χ4v) is 1.90. The van der Waals surface area contributed by atoms with E-state index in [-0.39, 0.29) is 22.8 Å². The van der Waals surface area contributed by atoms with Gasteiger partial charge in [0.25, 0.3) is 0 Å². The van der Waals surface area contributed by atoms with Gasteiger partial charge in [0, 0.05) is 11.8 Å². The van der Waals surface area contributed by atoms with E-state index in [1.807, 2.05) is 0 Å². The normalized spacial score (nSPS) is 15.1. The van der Waals surface area contributed by atoms with Gasteiger partial charge in [0.2, 0.25) is 0 Å². The van der Waals surface area contributed by atoms with Crippen LogP contribution in [0.3, 0.4) is 0 Å². The largest absolute Gasteiger partial charge is 0.586 e. The number of hydrogen-bond acceptors (Lipinski definition) is 4. The summed E-state index contributed by atoms with van der Waals surface area (Å²) >= 11 is 0. The predicted octanol–water partition coefficient (Wildman–Crippen LogP) is 2.77. The number of carboxylic acid groups (broad SMARTS) is 1. The second-order valence-electron chi connectivity index (χ2n) is 4.03. The van der Waals surface area contributed by atoms with Crippen molar-refractivity contribution in [2.75, 3.05) is 0 Å². The van der Waals surface area contributed by atoms with Crippen LogP contribution in [0.1, 0.15) is 10.4 Å². The summed E-state index contributed by atoms with van der Waals surface area (Å²) in [5.74, 6) is -1.42. The molecule has 5 nitrogen and oxygen atoms in total. The lowest BCUT2D eigenvalue weighted by Gasteiger charge is -2.05. The SMILES string of the molecule is O=C(O)c1cccnc1-c1ccc2c(c1)OC(F)(F)O2. The van der Waals surface area contributed by atoms with E-state index >= 15 is 0 Å². The highest BCUT2D eigenvalue weighted by Gasteiger charge is 2.43. The molecule has 1 aliphatic rings. The Morgan fingerprint density at radius 1 is 1.20 bits per heavy atom. The molecular formula is C13H7F2NO4. The van der Waals surface area contributed by atoms with Gasteiger partial charge in [-0.25, -0.2) is 4.79 Å². The first-order valence-corrected chi connectivity index (χ1v) is 5.55. The minimum Gasteiger partial charge on any atom is -0.478 e. The van der Waals surface area contributed by atoms with Crippen LogP contribution in [-0.4, -0.2) is 22.4 Å². The smallest absolute Gasteiger partial charge is 0.478 e. The monoisotopic (exact) mass is 279 g/mol. The van der Waals surface area contributed by atoms with Gasteiger partial charge in [0.15, 0.2) is 11.5 Å².